The van der Waals surface area contributed by atoms with Crippen molar-refractivity contribution < 1.29 is 13.2 Å². The molecule has 4 bridgehead atoms. The molecule has 7 heteroatoms. The van der Waals surface area contributed by atoms with Crippen LogP contribution in [0.3, 0.4) is 0 Å². The van der Waals surface area contributed by atoms with Gasteiger partial charge >= 0.3 is 0 Å². The molecule has 1 amide bonds. The highest BCUT2D eigenvalue weighted by molar-refractivity contribution is 7.90. The molecule has 5 saturated carbocycles. The predicted molar refractivity (Wildman–Crippen MR) is 102 cm³/mol. The van der Waals surface area contributed by atoms with E-state index in [2.05, 4.69) is 15.0 Å². The van der Waals surface area contributed by atoms with Crippen LogP contribution >= 0.6 is 0 Å². The van der Waals surface area contributed by atoms with Crippen LogP contribution in [0.15, 0.2) is 24.4 Å². The number of hydrogen-bond donors (Lipinski definition) is 2. The van der Waals surface area contributed by atoms with Gasteiger partial charge in [0.1, 0.15) is 5.69 Å². The van der Waals surface area contributed by atoms with Crippen LogP contribution in [-0.4, -0.2) is 35.6 Å². The van der Waals surface area contributed by atoms with Gasteiger partial charge in [-0.05, 0) is 75.3 Å². The fourth-order valence-corrected chi connectivity index (χ4v) is 8.36. The molecule has 2 atom stereocenters. The molecule has 6 rings (SSSR count). The number of amides is 1. The Morgan fingerprint density at radius 3 is 2.37 bits per heavy atom. The van der Waals surface area contributed by atoms with Crippen LogP contribution < -0.4 is 10.0 Å². The van der Waals surface area contributed by atoms with Crippen molar-refractivity contribution in [1.82, 2.24) is 15.0 Å². The van der Waals surface area contributed by atoms with Crippen LogP contribution in [0.25, 0.3) is 0 Å². The molecule has 1 aromatic rings. The summed E-state index contributed by atoms with van der Waals surface area (Å²) in [6.45, 7) is 0. The van der Waals surface area contributed by atoms with Crippen molar-refractivity contribution in [2.75, 3.05) is 0 Å². The third kappa shape index (κ3) is 3.09. The zero-order chi connectivity index (χ0) is 18.7. The number of nitrogens with zero attached hydrogens (tertiary/aromatic N) is 1. The van der Waals surface area contributed by atoms with E-state index >= 15 is 0 Å². The maximum atomic E-state index is 12.8. The summed E-state index contributed by atoms with van der Waals surface area (Å²) < 4.78 is 28.8. The maximum Gasteiger partial charge on any atom is 0.270 e. The first-order valence-corrected chi connectivity index (χ1v) is 11.7. The third-order valence-electron chi connectivity index (χ3n) is 7.19. The van der Waals surface area contributed by atoms with Gasteiger partial charge in [-0.1, -0.05) is 12.5 Å². The molecule has 0 aromatic carbocycles. The number of nitrogens with one attached hydrogen (secondary N) is 2. The maximum absolute atomic E-state index is 12.8. The summed E-state index contributed by atoms with van der Waals surface area (Å²) >= 11 is 0. The molecule has 5 aliphatic rings. The summed E-state index contributed by atoms with van der Waals surface area (Å²) in [5, 5.41) is 3.05. The van der Waals surface area contributed by atoms with Gasteiger partial charge in [0.15, 0.2) is 0 Å². The summed E-state index contributed by atoms with van der Waals surface area (Å²) in [5.74, 6) is 0.827. The zero-order valence-corrected chi connectivity index (χ0v) is 16.3. The minimum Gasteiger partial charge on any atom is -0.345 e. The molecule has 6 nitrogen and oxygen atoms in total. The van der Waals surface area contributed by atoms with Gasteiger partial charge in [-0.25, -0.2) is 13.1 Å². The lowest BCUT2D eigenvalue weighted by molar-refractivity contribution is -0.0392. The Morgan fingerprint density at radius 2 is 1.78 bits per heavy atom. The van der Waals surface area contributed by atoms with Crippen LogP contribution in [0, 0.1) is 11.8 Å². The molecule has 5 aliphatic carbocycles. The molecule has 0 radical (unpaired) electrons. The SMILES string of the molecule is O=C(NC12CC3CC(C1)CC(NS(=O)(=O)C1CCC1)(C3)C2)c1ccccn1. The van der Waals surface area contributed by atoms with Gasteiger partial charge in [0.05, 0.1) is 5.25 Å². The van der Waals surface area contributed by atoms with Crippen LogP contribution in [-0.2, 0) is 10.0 Å². The van der Waals surface area contributed by atoms with E-state index in [1.807, 2.05) is 6.07 Å². The van der Waals surface area contributed by atoms with E-state index in [0.717, 1.165) is 51.4 Å². The Bertz CT molecular complexity index is 836. The molecule has 1 heterocycles. The van der Waals surface area contributed by atoms with Gasteiger partial charge < -0.3 is 5.32 Å². The zero-order valence-electron chi connectivity index (χ0n) is 15.5. The predicted octanol–water partition coefficient (Wildman–Crippen LogP) is 2.37. The Balaban J connectivity index is 1.39. The smallest absolute Gasteiger partial charge is 0.270 e. The van der Waals surface area contributed by atoms with Crippen LogP contribution in [0.2, 0.25) is 0 Å². The van der Waals surface area contributed by atoms with Crippen molar-refractivity contribution in [3.8, 4) is 0 Å². The molecule has 1 aromatic heterocycles. The lowest BCUT2D eigenvalue weighted by atomic mass is 9.50. The lowest BCUT2D eigenvalue weighted by Gasteiger charge is -2.62. The first kappa shape index (κ1) is 17.6. The summed E-state index contributed by atoms with van der Waals surface area (Å²) in [4.78, 5) is 16.9. The Morgan fingerprint density at radius 1 is 1.07 bits per heavy atom. The fraction of sp³-hybridized carbons (Fsp3) is 0.700. The summed E-state index contributed by atoms with van der Waals surface area (Å²) in [6, 6.07) is 5.34. The van der Waals surface area contributed by atoms with E-state index in [1.165, 1.54) is 0 Å². The van der Waals surface area contributed by atoms with Crippen LogP contribution in [0.4, 0.5) is 0 Å². The van der Waals surface area contributed by atoms with E-state index in [1.54, 1.807) is 18.3 Å². The van der Waals surface area contributed by atoms with Gasteiger partial charge in [-0.2, -0.15) is 0 Å². The Labute approximate surface area is 160 Å². The number of rotatable bonds is 5. The second-order valence-electron chi connectivity index (χ2n) is 9.39. The molecule has 0 saturated heterocycles. The lowest BCUT2D eigenvalue weighted by Crippen LogP contribution is -2.70. The molecule has 0 spiro atoms. The topological polar surface area (TPSA) is 88.2 Å². The summed E-state index contributed by atoms with van der Waals surface area (Å²) in [7, 11) is -3.27. The number of carbonyl (C=O) groups is 1. The van der Waals surface area contributed by atoms with E-state index < -0.39 is 10.0 Å². The molecule has 5 fully saturated rings. The highest BCUT2D eigenvalue weighted by atomic mass is 32.2. The Kier molecular flexibility index (Phi) is 3.92. The van der Waals surface area contributed by atoms with Crippen molar-refractivity contribution in [2.24, 2.45) is 11.8 Å². The van der Waals surface area contributed by atoms with Gasteiger partial charge in [0, 0.05) is 17.3 Å². The normalized spacial score (nSPS) is 37.8. The molecular weight excluding hydrogens is 362 g/mol. The third-order valence-corrected chi connectivity index (χ3v) is 9.25. The average molecular weight is 390 g/mol. The standard InChI is InChI=1S/C20H27N3O3S/c24-18(17-6-1-2-7-21-17)22-19-9-14-8-15(10-19)12-20(11-14,13-19)23-27(25,26)16-4-3-5-16/h1-2,6-7,14-16,23H,3-5,8-13H2,(H,22,24). The van der Waals surface area contributed by atoms with Gasteiger partial charge in [0.2, 0.25) is 10.0 Å². The second-order valence-corrected chi connectivity index (χ2v) is 11.4. The summed E-state index contributed by atoms with van der Waals surface area (Å²) in [6.07, 6.45) is 9.79. The Hall–Kier alpha value is -1.47. The van der Waals surface area contributed by atoms with Crippen molar-refractivity contribution in [3.63, 3.8) is 0 Å². The van der Waals surface area contributed by atoms with E-state index in [-0.39, 0.29) is 22.2 Å². The number of pyridine rings is 1. The highest BCUT2D eigenvalue weighted by Crippen LogP contribution is 2.58. The largest absolute Gasteiger partial charge is 0.345 e. The molecule has 0 aliphatic heterocycles. The highest BCUT2D eigenvalue weighted by Gasteiger charge is 2.59. The van der Waals surface area contributed by atoms with E-state index in [0.29, 0.717) is 24.0 Å². The first-order chi connectivity index (χ1) is 12.9. The average Bonchev–Trinajstić information content (AvgIpc) is 2.50. The fourth-order valence-electron chi connectivity index (χ4n) is 6.40. The first-order valence-electron chi connectivity index (χ1n) is 10.1. The van der Waals surface area contributed by atoms with E-state index in [9.17, 15) is 13.2 Å². The number of carbonyl (C=O) groups excluding carboxylic acids is 1. The molecule has 2 unspecified atom stereocenters. The van der Waals surface area contributed by atoms with Crippen molar-refractivity contribution in [3.05, 3.63) is 30.1 Å². The van der Waals surface area contributed by atoms with Crippen LogP contribution in [0.1, 0.15) is 68.3 Å². The second kappa shape index (κ2) is 6.01. The minimum atomic E-state index is -3.27. The minimum absolute atomic E-state index is 0.144. The molecular formula is C20H27N3O3S. The van der Waals surface area contributed by atoms with Crippen molar-refractivity contribution in [1.29, 1.82) is 0 Å². The van der Waals surface area contributed by atoms with Crippen molar-refractivity contribution >= 4 is 15.9 Å². The van der Waals surface area contributed by atoms with Gasteiger partial charge in [-0.3, -0.25) is 9.78 Å². The summed E-state index contributed by atoms with van der Waals surface area (Å²) in [5.41, 5.74) is -0.256. The molecule has 146 valence electrons. The number of sulfonamides is 1. The van der Waals surface area contributed by atoms with E-state index in [4.69, 9.17) is 0 Å². The number of aromatic nitrogens is 1. The molecule has 2 N–H and O–H groups in total. The molecule has 27 heavy (non-hydrogen) atoms. The quantitative estimate of drug-likeness (QED) is 0.809. The van der Waals surface area contributed by atoms with Crippen LogP contribution in [0.5, 0.6) is 0 Å². The monoisotopic (exact) mass is 389 g/mol. The van der Waals surface area contributed by atoms with Gasteiger partial charge in [0.25, 0.3) is 5.91 Å². The van der Waals surface area contributed by atoms with Gasteiger partial charge in [-0.15, -0.1) is 0 Å². The van der Waals surface area contributed by atoms with Crippen molar-refractivity contribution in [2.45, 2.75) is 74.1 Å². The number of hydrogen-bond acceptors (Lipinski definition) is 4.